The zero-order chi connectivity index (χ0) is 14.5. The zero-order valence-corrected chi connectivity index (χ0v) is 11.8. The molecular weight excluding hydrogens is 275 g/mol. The van der Waals surface area contributed by atoms with Crippen LogP contribution in [-0.4, -0.2) is 22.2 Å². The van der Waals surface area contributed by atoms with E-state index in [1.165, 1.54) is 6.07 Å². The van der Waals surface area contributed by atoms with Crippen molar-refractivity contribution in [3.63, 3.8) is 0 Å². The molecule has 0 bridgehead atoms. The van der Waals surface area contributed by atoms with Gasteiger partial charge in [0.25, 0.3) is 0 Å². The largest absolute Gasteiger partial charge is 0.508 e. The smallest absolute Gasteiger partial charge is 0.173 e. The number of anilines is 1. The van der Waals surface area contributed by atoms with E-state index in [-0.39, 0.29) is 11.6 Å². The minimum Gasteiger partial charge on any atom is -0.508 e. The number of aromatic hydroxyl groups is 1. The van der Waals surface area contributed by atoms with Gasteiger partial charge in [-0.1, -0.05) is 30.3 Å². The fourth-order valence-corrected chi connectivity index (χ4v) is 1.92. The lowest BCUT2D eigenvalue weighted by Gasteiger charge is -2.21. The number of phenols is 1. The quantitative estimate of drug-likeness (QED) is 0.850. The van der Waals surface area contributed by atoms with Crippen molar-refractivity contribution in [2.24, 2.45) is 0 Å². The summed E-state index contributed by atoms with van der Waals surface area (Å²) in [6.07, 6.45) is 0. The summed E-state index contributed by atoms with van der Waals surface area (Å²) >= 11 is 5.23. The van der Waals surface area contributed by atoms with Crippen molar-refractivity contribution in [3.05, 3.63) is 59.9 Å². The van der Waals surface area contributed by atoms with E-state index in [0.717, 1.165) is 5.56 Å². The summed E-state index contributed by atoms with van der Waals surface area (Å²) in [4.78, 5) is 1.73. The first kappa shape index (κ1) is 14.3. The molecule has 2 aromatic carbocycles. The normalized spacial score (nSPS) is 10.1. The second-order valence-electron chi connectivity index (χ2n) is 4.39. The van der Waals surface area contributed by atoms with Gasteiger partial charge in [-0.3, -0.25) is 0 Å². The number of hydrogen-bond acceptors (Lipinski definition) is 2. The van der Waals surface area contributed by atoms with Crippen molar-refractivity contribution >= 4 is 23.0 Å². The minimum absolute atomic E-state index is 0.216. The Morgan fingerprint density at radius 2 is 1.85 bits per heavy atom. The molecule has 5 heteroatoms. The van der Waals surface area contributed by atoms with Crippen LogP contribution in [0.25, 0.3) is 0 Å². The van der Waals surface area contributed by atoms with Gasteiger partial charge in [0.2, 0.25) is 0 Å². The van der Waals surface area contributed by atoms with Crippen molar-refractivity contribution in [2.45, 2.75) is 6.54 Å². The highest BCUT2D eigenvalue weighted by atomic mass is 32.1. The summed E-state index contributed by atoms with van der Waals surface area (Å²) in [5.74, 6) is -0.140. The van der Waals surface area contributed by atoms with Crippen molar-refractivity contribution < 1.29 is 9.50 Å². The minimum atomic E-state index is -0.356. The molecule has 0 unspecified atom stereocenters. The van der Waals surface area contributed by atoms with E-state index < -0.39 is 0 Å². The van der Waals surface area contributed by atoms with E-state index >= 15 is 0 Å². The standard InChI is InChI=1S/C15H15FN2OS/c1-18(10-11-6-2-5-9-14(11)19)15(20)17-13-8-4-3-7-12(13)16/h2-9,19H,10H2,1H3,(H,17,20). The number of benzene rings is 2. The molecule has 2 aromatic rings. The van der Waals surface area contributed by atoms with Gasteiger partial charge in [-0.25, -0.2) is 4.39 Å². The van der Waals surface area contributed by atoms with Crippen molar-refractivity contribution in [1.82, 2.24) is 4.90 Å². The molecule has 0 saturated heterocycles. The second kappa shape index (κ2) is 6.34. The number of thiocarbonyl (C=S) groups is 1. The van der Waals surface area contributed by atoms with Crippen LogP contribution in [0.15, 0.2) is 48.5 Å². The van der Waals surface area contributed by atoms with E-state index in [9.17, 15) is 9.50 Å². The summed E-state index contributed by atoms with van der Waals surface area (Å²) in [5, 5.41) is 13.0. The number of hydrogen-bond donors (Lipinski definition) is 2. The van der Waals surface area contributed by atoms with Crippen LogP contribution in [0, 0.1) is 5.82 Å². The Bertz CT molecular complexity index is 618. The summed E-state index contributed by atoms with van der Waals surface area (Å²) in [6.45, 7) is 0.437. The highest BCUT2D eigenvalue weighted by molar-refractivity contribution is 7.80. The van der Waals surface area contributed by atoms with Gasteiger partial charge in [0.05, 0.1) is 5.69 Å². The highest BCUT2D eigenvalue weighted by Crippen LogP contribution is 2.18. The van der Waals surface area contributed by atoms with E-state index in [4.69, 9.17) is 12.2 Å². The molecule has 3 nitrogen and oxygen atoms in total. The van der Waals surface area contributed by atoms with Crippen LogP contribution in [0.4, 0.5) is 10.1 Å². The molecule has 0 aliphatic rings. The molecule has 0 radical (unpaired) electrons. The maximum atomic E-state index is 13.5. The third kappa shape index (κ3) is 3.45. The van der Waals surface area contributed by atoms with Gasteiger partial charge in [0.1, 0.15) is 11.6 Å². The third-order valence-electron chi connectivity index (χ3n) is 2.86. The molecule has 0 aliphatic heterocycles. The van der Waals surface area contributed by atoms with Gasteiger partial charge in [0.15, 0.2) is 5.11 Å². The van der Waals surface area contributed by atoms with E-state index in [0.29, 0.717) is 17.3 Å². The Kier molecular flexibility index (Phi) is 4.53. The Morgan fingerprint density at radius 1 is 1.20 bits per heavy atom. The van der Waals surface area contributed by atoms with Crippen LogP contribution in [0.1, 0.15) is 5.56 Å². The molecule has 0 aromatic heterocycles. The van der Waals surface area contributed by atoms with Crippen molar-refractivity contribution in [2.75, 3.05) is 12.4 Å². The first-order valence-electron chi connectivity index (χ1n) is 6.11. The van der Waals surface area contributed by atoms with Crippen LogP contribution in [0.5, 0.6) is 5.75 Å². The number of halogens is 1. The summed E-state index contributed by atoms with van der Waals surface area (Å²) in [6, 6.07) is 13.4. The molecule has 20 heavy (non-hydrogen) atoms. The molecule has 0 amide bonds. The molecule has 0 saturated carbocycles. The summed E-state index contributed by atoms with van der Waals surface area (Å²) in [7, 11) is 1.78. The maximum absolute atomic E-state index is 13.5. The molecule has 0 fully saturated rings. The van der Waals surface area contributed by atoms with Crippen LogP contribution >= 0.6 is 12.2 Å². The second-order valence-corrected chi connectivity index (χ2v) is 4.78. The number of phenolic OH excluding ortho intramolecular Hbond substituents is 1. The average molecular weight is 290 g/mol. The van der Waals surface area contributed by atoms with Crippen LogP contribution < -0.4 is 5.32 Å². The van der Waals surface area contributed by atoms with Crippen molar-refractivity contribution in [1.29, 1.82) is 0 Å². The fraction of sp³-hybridized carbons (Fsp3) is 0.133. The molecule has 0 aliphatic carbocycles. The van der Waals surface area contributed by atoms with Crippen LogP contribution in [0.2, 0.25) is 0 Å². The van der Waals surface area contributed by atoms with Crippen LogP contribution in [0.3, 0.4) is 0 Å². The Hall–Kier alpha value is -2.14. The summed E-state index contributed by atoms with van der Waals surface area (Å²) < 4.78 is 13.5. The topological polar surface area (TPSA) is 35.5 Å². The van der Waals surface area contributed by atoms with E-state index in [1.54, 1.807) is 42.3 Å². The number of para-hydroxylation sites is 2. The van der Waals surface area contributed by atoms with Gasteiger partial charge in [-0.2, -0.15) is 0 Å². The van der Waals surface area contributed by atoms with Crippen molar-refractivity contribution in [3.8, 4) is 5.75 Å². The third-order valence-corrected chi connectivity index (χ3v) is 3.28. The highest BCUT2D eigenvalue weighted by Gasteiger charge is 2.09. The number of nitrogens with one attached hydrogen (secondary N) is 1. The van der Waals surface area contributed by atoms with Gasteiger partial charge in [0, 0.05) is 19.2 Å². The molecule has 0 heterocycles. The molecule has 0 atom stereocenters. The number of rotatable bonds is 3. The maximum Gasteiger partial charge on any atom is 0.173 e. The van der Waals surface area contributed by atoms with Gasteiger partial charge >= 0.3 is 0 Å². The van der Waals surface area contributed by atoms with Gasteiger partial charge < -0.3 is 15.3 Å². The van der Waals surface area contributed by atoms with E-state index in [2.05, 4.69) is 5.32 Å². The van der Waals surface area contributed by atoms with Gasteiger partial charge in [-0.05, 0) is 30.4 Å². The predicted octanol–water partition coefficient (Wildman–Crippen LogP) is 3.36. The number of nitrogens with zero attached hydrogens (tertiary/aromatic N) is 1. The Balaban J connectivity index is 2.03. The first-order valence-corrected chi connectivity index (χ1v) is 6.52. The molecule has 104 valence electrons. The average Bonchev–Trinajstić information content (AvgIpc) is 2.43. The Labute approximate surface area is 122 Å². The zero-order valence-electron chi connectivity index (χ0n) is 11.0. The van der Waals surface area contributed by atoms with Gasteiger partial charge in [-0.15, -0.1) is 0 Å². The first-order chi connectivity index (χ1) is 9.58. The Morgan fingerprint density at radius 3 is 2.55 bits per heavy atom. The summed E-state index contributed by atoms with van der Waals surface area (Å²) in [5.41, 5.74) is 1.09. The lowest BCUT2D eigenvalue weighted by molar-refractivity contribution is 0.443. The molecule has 0 spiro atoms. The lowest BCUT2D eigenvalue weighted by atomic mass is 10.2. The van der Waals surface area contributed by atoms with Crippen LogP contribution in [-0.2, 0) is 6.54 Å². The molecule has 2 N–H and O–H groups in total. The van der Waals surface area contributed by atoms with E-state index in [1.807, 2.05) is 12.1 Å². The lowest BCUT2D eigenvalue weighted by Crippen LogP contribution is -2.30. The SMILES string of the molecule is CN(Cc1ccccc1O)C(=S)Nc1ccccc1F. The monoisotopic (exact) mass is 290 g/mol. The fourth-order valence-electron chi connectivity index (χ4n) is 1.75. The molecular formula is C15H15FN2OS. The molecule has 2 rings (SSSR count). The predicted molar refractivity (Wildman–Crippen MR) is 82.2 cm³/mol.